The highest BCUT2D eigenvalue weighted by molar-refractivity contribution is 7.80. The molecular formula is C28H23N3O3S. The van der Waals surface area contributed by atoms with Gasteiger partial charge in [-0.15, -0.1) is 0 Å². The third kappa shape index (κ3) is 6.99. The number of thiocarbonyl (C=S) groups is 1. The summed E-state index contributed by atoms with van der Waals surface area (Å²) in [5.41, 5.74) is 3.31. The van der Waals surface area contributed by atoms with Crippen LogP contribution in [0.5, 0.6) is 5.75 Å². The Balaban J connectivity index is 1.29. The van der Waals surface area contributed by atoms with Crippen molar-refractivity contribution < 1.29 is 14.3 Å². The number of carbonyl (C=O) groups excluding carboxylic acids is 2. The van der Waals surface area contributed by atoms with Crippen LogP contribution in [0.3, 0.4) is 0 Å². The van der Waals surface area contributed by atoms with Crippen molar-refractivity contribution in [2.24, 2.45) is 0 Å². The molecule has 3 N–H and O–H groups in total. The van der Waals surface area contributed by atoms with Crippen LogP contribution in [-0.2, 0) is 6.61 Å². The molecule has 0 bridgehead atoms. The van der Waals surface area contributed by atoms with E-state index in [4.69, 9.17) is 17.0 Å². The summed E-state index contributed by atoms with van der Waals surface area (Å²) in [6.45, 7) is 0.450. The SMILES string of the molecule is O=C(NC(=S)Nc1cccc(NC(=O)c2ccccc2)c1)c1ccc(OCc2ccccc2)cc1. The first kappa shape index (κ1) is 23.7. The average molecular weight is 482 g/mol. The van der Waals surface area contributed by atoms with Crippen molar-refractivity contribution in [3.05, 3.63) is 126 Å². The molecule has 2 amide bonds. The molecule has 0 unspecified atom stereocenters. The van der Waals surface area contributed by atoms with E-state index in [2.05, 4.69) is 16.0 Å². The van der Waals surface area contributed by atoms with Crippen molar-refractivity contribution in [2.45, 2.75) is 6.61 Å². The van der Waals surface area contributed by atoms with Crippen LogP contribution < -0.4 is 20.7 Å². The standard InChI is InChI=1S/C28H23N3O3S/c32-26(21-10-5-2-6-11-21)29-23-12-7-13-24(18-23)30-28(35)31-27(33)22-14-16-25(17-15-22)34-19-20-8-3-1-4-9-20/h1-18H,19H2,(H,29,32)(H2,30,31,33,35). The molecule has 174 valence electrons. The van der Waals surface area contributed by atoms with Gasteiger partial charge in [-0.25, -0.2) is 0 Å². The topological polar surface area (TPSA) is 79.5 Å². The second-order valence-corrected chi connectivity index (χ2v) is 8.02. The van der Waals surface area contributed by atoms with Crippen LogP contribution in [-0.4, -0.2) is 16.9 Å². The minimum Gasteiger partial charge on any atom is -0.489 e. The first-order valence-corrected chi connectivity index (χ1v) is 11.3. The molecular weight excluding hydrogens is 458 g/mol. The van der Waals surface area contributed by atoms with Gasteiger partial charge in [-0.3, -0.25) is 14.9 Å². The van der Waals surface area contributed by atoms with Gasteiger partial charge < -0.3 is 15.4 Å². The Bertz CT molecular complexity index is 1310. The Labute approximate surface area is 209 Å². The fraction of sp³-hybridized carbons (Fsp3) is 0.0357. The molecule has 0 spiro atoms. The lowest BCUT2D eigenvalue weighted by atomic mass is 10.2. The summed E-state index contributed by atoms with van der Waals surface area (Å²) in [4.78, 5) is 24.9. The Hall–Kier alpha value is -4.49. The molecule has 0 saturated heterocycles. The molecule has 4 aromatic carbocycles. The van der Waals surface area contributed by atoms with E-state index in [1.165, 1.54) is 0 Å². The van der Waals surface area contributed by atoms with Crippen molar-refractivity contribution in [1.82, 2.24) is 5.32 Å². The third-order valence-electron chi connectivity index (χ3n) is 5.01. The second-order valence-electron chi connectivity index (χ2n) is 7.61. The summed E-state index contributed by atoms with van der Waals surface area (Å²) < 4.78 is 5.75. The van der Waals surface area contributed by atoms with Gasteiger partial charge in [0.15, 0.2) is 5.11 Å². The molecule has 7 heteroatoms. The molecule has 0 fully saturated rings. The Morgan fingerprint density at radius 1 is 0.657 bits per heavy atom. The Morgan fingerprint density at radius 3 is 1.94 bits per heavy atom. The summed E-state index contributed by atoms with van der Waals surface area (Å²) in [6, 6.07) is 32.7. The van der Waals surface area contributed by atoms with Crippen molar-refractivity contribution in [3.63, 3.8) is 0 Å². The van der Waals surface area contributed by atoms with Crippen LogP contribution in [0.25, 0.3) is 0 Å². The van der Waals surface area contributed by atoms with Crippen molar-refractivity contribution in [3.8, 4) is 5.75 Å². The molecule has 35 heavy (non-hydrogen) atoms. The molecule has 0 saturated carbocycles. The highest BCUT2D eigenvalue weighted by atomic mass is 32.1. The Kier molecular flexibility index (Phi) is 7.83. The van der Waals surface area contributed by atoms with Gasteiger partial charge >= 0.3 is 0 Å². The van der Waals surface area contributed by atoms with Crippen molar-refractivity contribution >= 4 is 40.5 Å². The van der Waals surface area contributed by atoms with Crippen molar-refractivity contribution in [2.75, 3.05) is 10.6 Å². The van der Waals surface area contributed by atoms with Crippen LogP contribution in [0.4, 0.5) is 11.4 Å². The Morgan fingerprint density at radius 2 is 1.26 bits per heavy atom. The molecule has 0 heterocycles. The number of rotatable bonds is 7. The number of anilines is 2. The lowest BCUT2D eigenvalue weighted by Crippen LogP contribution is -2.34. The van der Waals surface area contributed by atoms with Gasteiger partial charge in [0.2, 0.25) is 0 Å². The van der Waals surface area contributed by atoms with E-state index in [9.17, 15) is 9.59 Å². The van der Waals surface area contributed by atoms with Crippen LogP contribution in [0.2, 0.25) is 0 Å². The van der Waals surface area contributed by atoms with Gasteiger partial charge in [0.1, 0.15) is 12.4 Å². The zero-order valence-corrected chi connectivity index (χ0v) is 19.5. The van der Waals surface area contributed by atoms with E-state index >= 15 is 0 Å². The van der Waals surface area contributed by atoms with Crippen LogP contribution in [0.15, 0.2) is 109 Å². The van der Waals surface area contributed by atoms with Crippen LogP contribution >= 0.6 is 12.2 Å². The lowest BCUT2D eigenvalue weighted by molar-refractivity contribution is 0.0976. The number of hydrogen-bond donors (Lipinski definition) is 3. The summed E-state index contributed by atoms with van der Waals surface area (Å²) in [5, 5.41) is 8.62. The largest absolute Gasteiger partial charge is 0.489 e. The molecule has 6 nitrogen and oxygen atoms in total. The number of benzene rings is 4. The lowest BCUT2D eigenvalue weighted by Gasteiger charge is -2.12. The molecule has 4 rings (SSSR count). The highest BCUT2D eigenvalue weighted by Crippen LogP contribution is 2.17. The first-order chi connectivity index (χ1) is 17.1. The minimum absolute atomic E-state index is 0.144. The first-order valence-electron chi connectivity index (χ1n) is 10.9. The molecule has 0 aliphatic rings. The second kappa shape index (κ2) is 11.6. The van der Waals surface area contributed by atoms with Crippen LogP contribution in [0.1, 0.15) is 26.3 Å². The minimum atomic E-state index is -0.342. The van der Waals surface area contributed by atoms with Crippen molar-refractivity contribution in [1.29, 1.82) is 0 Å². The zero-order valence-electron chi connectivity index (χ0n) is 18.7. The number of hydrogen-bond acceptors (Lipinski definition) is 4. The molecule has 0 atom stereocenters. The van der Waals surface area contributed by atoms with Gasteiger partial charge in [-0.2, -0.15) is 0 Å². The quantitative estimate of drug-likeness (QED) is 0.298. The summed E-state index contributed by atoms with van der Waals surface area (Å²) in [6.07, 6.45) is 0. The fourth-order valence-electron chi connectivity index (χ4n) is 3.25. The summed E-state index contributed by atoms with van der Waals surface area (Å²) >= 11 is 5.29. The number of ether oxygens (including phenoxy) is 1. The van der Waals surface area contributed by atoms with Gasteiger partial charge in [0.25, 0.3) is 11.8 Å². The molecule has 0 aromatic heterocycles. The summed E-state index contributed by atoms with van der Waals surface area (Å²) in [7, 11) is 0. The fourth-order valence-corrected chi connectivity index (χ4v) is 3.46. The molecule has 4 aromatic rings. The summed E-state index contributed by atoms with van der Waals surface area (Å²) in [5.74, 6) is 0.112. The van der Waals surface area contributed by atoms with E-state index in [1.807, 2.05) is 36.4 Å². The van der Waals surface area contributed by atoms with Gasteiger partial charge in [-0.1, -0.05) is 54.6 Å². The van der Waals surface area contributed by atoms with Gasteiger partial charge in [-0.05, 0) is 72.4 Å². The normalized spacial score (nSPS) is 10.2. The van der Waals surface area contributed by atoms with Gasteiger partial charge in [0, 0.05) is 22.5 Å². The zero-order chi connectivity index (χ0) is 24.5. The maximum absolute atomic E-state index is 12.6. The van der Waals surface area contributed by atoms with Crippen LogP contribution in [0, 0.1) is 0 Å². The molecule has 0 aliphatic heterocycles. The van der Waals surface area contributed by atoms with E-state index in [-0.39, 0.29) is 16.9 Å². The van der Waals surface area contributed by atoms with E-state index in [0.717, 1.165) is 5.56 Å². The maximum atomic E-state index is 12.6. The third-order valence-corrected chi connectivity index (χ3v) is 5.21. The highest BCUT2D eigenvalue weighted by Gasteiger charge is 2.10. The smallest absolute Gasteiger partial charge is 0.257 e. The number of nitrogens with one attached hydrogen (secondary N) is 3. The van der Waals surface area contributed by atoms with E-state index in [1.54, 1.807) is 72.8 Å². The van der Waals surface area contributed by atoms with E-state index < -0.39 is 0 Å². The van der Waals surface area contributed by atoms with E-state index in [0.29, 0.717) is 34.9 Å². The molecule has 0 aliphatic carbocycles. The number of carbonyl (C=O) groups is 2. The predicted octanol–water partition coefficient (Wildman–Crippen LogP) is 5.64. The monoisotopic (exact) mass is 481 g/mol. The maximum Gasteiger partial charge on any atom is 0.257 e. The molecule has 0 radical (unpaired) electrons. The average Bonchev–Trinajstić information content (AvgIpc) is 2.89. The predicted molar refractivity (Wildman–Crippen MR) is 142 cm³/mol. The van der Waals surface area contributed by atoms with Gasteiger partial charge in [0.05, 0.1) is 0 Å². The number of amides is 2.